The summed E-state index contributed by atoms with van der Waals surface area (Å²) in [6.45, 7) is 7.38. The molecule has 0 radical (unpaired) electrons. The number of ether oxygens (including phenoxy) is 1. The van der Waals surface area contributed by atoms with Gasteiger partial charge in [-0.3, -0.25) is 9.21 Å². The Morgan fingerprint density at radius 1 is 1.24 bits per heavy atom. The molecule has 1 aromatic rings. The minimum atomic E-state index is -3.27. The average molecular weight is 312 g/mol. The molecule has 1 saturated heterocycles. The van der Waals surface area contributed by atoms with Crippen molar-refractivity contribution in [2.24, 2.45) is 0 Å². The Kier molecular flexibility index (Phi) is 5.61. The number of morpholine rings is 1. The summed E-state index contributed by atoms with van der Waals surface area (Å²) in [5, 5.41) is 0. The Labute approximate surface area is 127 Å². The maximum Gasteiger partial charge on any atom is 0.234 e. The maximum atomic E-state index is 12.4. The summed E-state index contributed by atoms with van der Waals surface area (Å²) >= 11 is 0. The molecule has 0 aromatic heterocycles. The van der Waals surface area contributed by atoms with E-state index >= 15 is 0 Å². The van der Waals surface area contributed by atoms with Gasteiger partial charge in [0.1, 0.15) is 0 Å². The number of rotatable bonds is 6. The van der Waals surface area contributed by atoms with Gasteiger partial charge in [-0.25, -0.2) is 8.42 Å². The molecule has 1 atom stereocenters. The van der Waals surface area contributed by atoms with Gasteiger partial charge in [0.2, 0.25) is 10.0 Å². The predicted octanol–water partition coefficient (Wildman–Crippen LogP) is 1.56. The number of anilines is 1. The van der Waals surface area contributed by atoms with E-state index in [0.29, 0.717) is 6.54 Å². The van der Waals surface area contributed by atoms with E-state index in [9.17, 15) is 8.42 Å². The third-order valence-electron chi connectivity index (χ3n) is 3.84. The molecule has 6 heteroatoms. The normalized spacial score (nSPS) is 18.4. The predicted molar refractivity (Wildman–Crippen MR) is 85.1 cm³/mol. The lowest BCUT2D eigenvalue weighted by atomic mass is 10.2. The van der Waals surface area contributed by atoms with Crippen LogP contribution in [0.4, 0.5) is 5.69 Å². The number of benzene rings is 1. The highest BCUT2D eigenvalue weighted by Crippen LogP contribution is 2.19. The van der Waals surface area contributed by atoms with Crippen LogP contribution in [0.15, 0.2) is 30.3 Å². The van der Waals surface area contributed by atoms with E-state index in [1.165, 1.54) is 4.31 Å². The van der Waals surface area contributed by atoms with Crippen molar-refractivity contribution >= 4 is 15.7 Å². The molecule has 1 aliphatic heterocycles. The number of sulfonamides is 1. The lowest BCUT2D eigenvalue weighted by Crippen LogP contribution is -2.49. The van der Waals surface area contributed by atoms with Gasteiger partial charge in [0.25, 0.3) is 0 Å². The van der Waals surface area contributed by atoms with Crippen LogP contribution in [-0.4, -0.2) is 58.0 Å². The van der Waals surface area contributed by atoms with Gasteiger partial charge >= 0.3 is 0 Å². The first-order chi connectivity index (χ1) is 10.0. The van der Waals surface area contributed by atoms with Gasteiger partial charge in [0.05, 0.1) is 24.7 Å². The van der Waals surface area contributed by atoms with Crippen LogP contribution in [0.2, 0.25) is 0 Å². The van der Waals surface area contributed by atoms with Crippen molar-refractivity contribution in [1.29, 1.82) is 0 Å². The van der Waals surface area contributed by atoms with Crippen LogP contribution in [0.1, 0.15) is 13.8 Å². The minimum absolute atomic E-state index is 0.109. The van der Waals surface area contributed by atoms with Crippen molar-refractivity contribution in [2.45, 2.75) is 19.9 Å². The Hall–Kier alpha value is -1.11. The number of nitrogens with zero attached hydrogens (tertiary/aromatic N) is 2. The summed E-state index contributed by atoms with van der Waals surface area (Å²) in [6.07, 6.45) is 0. The number of para-hydroxylation sites is 1. The smallest absolute Gasteiger partial charge is 0.234 e. The standard InChI is InChI=1S/C15H24N2O3S/c1-3-21(18,19)17(15-7-5-4-6-8-15)13-14(2)16-9-11-20-12-10-16/h4-8,14H,3,9-13H2,1-2H3. The topological polar surface area (TPSA) is 49.9 Å². The zero-order valence-electron chi connectivity index (χ0n) is 12.7. The van der Waals surface area contributed by atoms with Crippen LogP contribution in [0.3, 0.4) is 0 Å². The first kappa shape index (κ1) is 16.3. The monoisotopic (exact) mass is 312 g/mol. The minimum Gasteiger partial charge on any atom is -0.379 e. The summed E-state index contributed by atoms with van der Waals surface area (Å²) in [7, 11) is -3.27. The average Bonchev–Trinajstić information content (AvgIpc) is 2.54. The van der Waals surface area contributed by atoms with Crippen LogP contribution in [0.25, 0.3) is 0 Å². The quantitative estimate of drug-likeness (QED) is 0.800. The second-order valence-corrected chi connectivity index (χ2v) is 7.45. The molecule has 5 nitrogen and oxygen atoms in total. The van der Waals surface area contributed by atoms with Gasteiger partial charge in [-0.2, -0.15) is 0 Å². The lowest BCUT2D eigenvalue weighted by Gasteiger charge is -2.35. The Balaban J connectivity index is 2.16. The fourth-order valence-electron chi connectivity index (χ4n) is 2.50. The van der Waals surface area contributed by atoms with Crippen LogP contribution in [0.5, 0.6) is 0 Å². The molecule has 118 valence electrons. The van der Waals surface area contributed by atoms with Gasteiger partial charge in [0, 0.05) is 25.7 Å². The first-order valence-corrected chi connectivity index (χ1v) is 9.02. The van der Waals surface area contributed by atoms with Crippen molar-refractivity contribution in [2.75, 3.05) is 42.9 Å². The molecule has 0 bridgehead atoms. The first-order valence-electron chi connectivity index (χ1n) is 7.42. The van der Waals surface area contributed by atoms with Gasteiger partial charge in [-0.15, -0.1) is 0 Å². The summed E-state index contributed by atoms with van der Waals surface area (Å²) < 4.78 is 31.7. The Morgan fingerprint density at radius 2 is 1.86 bits per heavy atom. The highest BCUT2D eigenvalue weighted by molar-refractivity contribution is 7.92. The highest BCUT2D eigenvalue weighted by atomic mass is 32.2. The fourth-order valence-corrected chi connectivity index (χ4v) is 3.70. The summed E-state index contributed by atoms with van der Waals surface area (Å²) in [5.74, 6) is 0.109. The summed E-state index contributed by atoms with van der Waals surface area (Å²) in [5.41, 5.74) is 0.736. The summed E-state index contributed by atoms with van der Waals surface area (Å²) in [6, 6.07) is 9.49. The molecule has 21 heavy (non-hydrogen) atoms. The molecule has 1 unspecified atom stereocenters. The molecule has 1 aliphatic rings. The second kappa shape index (κ2) is 7.24. The molecule has 0 N–H and O–H groups in total. The third-order valence-corrected chi connectivity index (χ3v) is 5.60. The van der Waals surface area contributed by atoms with Crippen molar-refractivity contribution in [1.82, 2.24) is 4.90 Å². The molecule has 1 heterocycles. The molecule has 0 spiro atoms. The lowest BCUT2D eigenvalue weighted by molar-refractivity contribution is 0.0222. The van der Waals surface area contributed by atoms with Crippen molar-refractivity contribution in [3.63, 3.8) is 0 Å². The molecular weight excluding hydrogens is 288 g/mol. The van der Waals surface area contributed by atoms with Crippen molar-refractivity contribution in [3.8, 4) is 0 Å². The van der Waals surface area contributed by atoms with Crippen LogP contribution in [-0.2, 0) is 14.8 Å². The number of hydrogen-bond donors (Lipinski definition) is 0. The van der Waals surface area contributed by atoms with E-state index in [0.717, 1.165) is 32.0 Å². The van der Waals surface area contributed by atoms with E-state index in [-0.39, 0.29) is 11.8 Å². The molecule has 1 aromatic carbocycles. The Bertz CT molecular complexity index is 527. The van der Waals surface area contributed by atoms with Crippen molar-refractivity contribution in [3.05, 3.63) is 30.3 Å². The van der Waals surface area contributed by atoms with Crippen LogP contribution < -0.4 is 4.31 Å². The van der Waals surface area contributed by atoms with E-state index < -0.39 is 10.0 Å². The molecule has 0 saturated carbocycles. The Morgan fingerprint density at radius 3 is 2.43 bits per heavy atom. The van der Waals surface area contributed by atoms with Gasteiger partial charge in [-0.1, -0.05) is 18.2 Å². The second-order valence-electron chi connectivity index (χ2n) is 5.26. The fraction of sp³-hybridized carbons (Fsp3) is 0.600. The molecular formula is C15H24N2O3S. The third kappa shape index (κ3) is 4.18. The van der Waals surface area contributed by atoms with Gasteiger partial charge in [0.15, 0.2) is 0 Å². The van der Waals surface area contributed by atoms with Crippen molar-refractivity contribution < 1.29 is 13.2 Å². The molecule has 0 aliphatic carbocycles. The van der Waals surface area contributed by atoms with Gasteiger partial charge in [-0.05, 0) is 26.0 Å². The molecule has 1 fully saturated rings. The van der Waals surface area contributed by atoms with E-state index in [1.807, 2.05) is 30.3 Å². The SMILES string of the molecule is CCS(=O)(=O)N(CC(C)N1CCOCC1)c1ccccc1. The number of hydrogen-bond acceptors (Lipinski definition) is 4. The molecule has 2 rings (SSSR count). The highest BCUT2D eigenvalue weighted by Gasteiger charge is 2.26. The van der Waals surface area contributed by atoms with E-state index in [4.69, 9.17) is 4.74 Å². The van der Waals surface area contributed by atoms with Crippen LogP contribution >= 0.6 is 0 Å². The molecule has 0 amide bonds. The maximum absolute atomic E-state index is 12.4. The van der Waals surface area contributed by atoms with Crippen LogP contribution in [0, 0.1) is 0 Å². The zero-order valence-corrected chi connectivity index (χ0v) is 13.6. The van der Waals surface area contributed by atoms with Gasteiger partial charge < -0.3 is 4.74 Å². The summed E-state index contributed by atoms with van der Waals surface area (Å²) in [4.78, 5) is 2.28. The zero-order chi connectivity index (χ0) is 15.3. The van der Waals surface area contributed by atoms with E-state index in [2.05, 4.69) is 11.8 Å². The largest absolute Gasteiger partial charge is 0.379 e. The van der Waals surface area contributed by atoms with E-state index in [1.54, 1.807) is 6.92 Å².